The molecule has 7 aromatic carbocycles. The smallest absolute Gasteiger partial charge is 0.160 e. The van der Waals surface area contributed by atoms with Gasteiger partial charge in [-0.1, -0.05) is 146 Å². The Balaban J connectivity index is 1.13. The Morgan fingerprint density at radius 1 is 0.375 bits per heavy atom. The molecule has 0 N–H and O–H groups in total. The Morgan fingerprint density at radius 2 is 0.917 bits per heavy atom. The fraction of sp³-hybridized carbons (Fsp3) is 0.0435. The Bertz CT molecular complexity index is 2440. The lowest BCUT2D eigenvalue weighted by Gasteiger charge is -2.18. The number of benzene rings is 7. The molecule has 2 nitrogen and oxygen atoms in total. The van der Waals surface area contributed by atoms with Crippen molar-refractivity contribution >= 4 is 27.6 Å². The third-order valence-electron chi connectivity index (χ3n) is 9.54. The van der Waals surface area contributed by atoms with Gasteiger partial charge in [-0.25, -0.2) is 9.97 Å². The van der Waals surface area contributed by atoms with Crippen LogP contribution in [0.1, 0.15) is 17.5 Å². The van der Waals surface area contributed by atoms with Crippen molar-refractivity contribution in [2.75, 3.05) is 0 Å². The van der Waals surface area contributed by atoms with Gasteiger partial charge in [-0.2, -0.15) is 0 Å². The van der Waals surface area contributed by atoms with E-state index in [-0.39, 0.29) is 0 Å². The summed E-state index contributed by atoms with van der Waals surface area (Å²) in [7, 11) is 0. The van der Waals surface area contributed by atoms with E-state index in [4.69, 9.17) is 9.97 Å². The predicted octanol–water partition coefficient (Wildman–Crippen LogP) is 12.1. The van der Waals surface area contributed by atoms with Gasteiger partial charge >= 0.3 is 0 Å². The second-order valence-electron chi connectivity index (χ2n) is 12.5. The summed E-state index contributed by atoms with van der Waals surface area (Å²) < 4.78 is 0. The van der Waals surface area contributed by atoms with Crippen molar-refractivity contribution in [3.63, 3.8) is 0 Å². The molecule has 1 aliphatic rings. The van der Waals surface area contributed by atoms with Crippen LogP contribution >= 0.6 is 0 Å². The summed E-state index contributed by atoms with van der Waals surface area (Å²) in [6, 6.07) is 56.1. The van der Waals surface area contributed by atoms with E-state index >= 15 is 0 Å². The van der Waals surface area contributed by atoms with E-state index in [1.54, 1.807) is 0 Å². The van der Waals surface area contributed by atoms with Gasteiger partial charge in [0.15, 0.2) is 5.82 Å². The van der Waals surface area contributed by atoms with Crippen LogP contribution < -0.4 is 0 Å². The highest BCUT2D eigenvalue weighted by Crippen LogP contribution is 2.39. The molecular formula is C46H32N2. The quantitative estimate of drug-likeness (QED) is 0.181. The molecule has 0 aliphatic heterocycles. The van der Waals surface area contributed by atoms with Crippen molar-refractivity contribution in [1.29, 1.82) is 0 Å². The minimum absolute atomic E-state index is 0.716. The molecule has 0 saturated heterocycles. The molecule has 0 saturated carbocycles. The molecule has 1 aromatic heterocycles. The van der Waals surface area contributed by atoms with Crippen LogP contribution in [0.25, 0.3) is 83.8 Å². The van der Waals surface area contributed by atoms with Crippen LogP contribution in [0.2, 0.25) is 0 Å². The summed E-state index contributed by atoms with van der Waals surface area (Å²) >= 11 is 0. The SMILES string of the molecule is C1=Cc2c(c3ccc(-c4cccc(-c5cccc(-c6nc(-c7ccccc7)cc(-c7ccccc7)n6)c5)c4)cc3c3ccccc23)CC1. The van der Waals surface area contributed by atoms with Crippen LogP contribution in [0, 0.1) is 0 Å². The van der Waals surface area contributed by atoms with Crippen molar-refractivity contribution in [1.82, 2.24) is 9.97 Å². The van der Waals surface area contributed by atoms with E-state index in [9.17, 15) is 0 Å². The van der Waals surface area contributed by atoms with Crippen LogP contribution in [0.4, 0.5) is 0 Å². The van der Waals surface area contributed by atoms with E-state index < -0.39 is 0 Å². The van der Waals surface area contributed by atoms with Crippen molar-refractivity contribution in [2.45, 2.75) is 12.8 Å². The van der Waals surface area contributed by atoms with E-state index in [0.29, 0.717) is 5.82 Å². The first-order valence-electron chi connectivity index (χ1n) is 16.6. The number of fused-ring (bicyclic) bond motifs is 6. The minimum atomic E-state index is 0.716. The Morgan fingerprint density at radius 3 is 1.58 bits per heavy atom. The van der Waals surface area contributed by atoms with Crippen molar-refractivity contribution < 1.29 is 0 Å². The van der Waals surface area contributed by atoms with Crippen molar-refractivity contribution in [2.24, 2.45) is 0 Å². The molecule has 0 radical (unpaired) electrons. The number of aryl methyl sites for hydroxylation is 1. The average molecular weight is 613 g/mol. The van der Waals surface area contributed by atoms with Crippen LogP contribution in [-0.4, -0.2) is 9.97 Å². The molecule has 9 rings (SSSR count). The van der Waals surface area contributed by atoms with Gasteiger partial charge in [0.25, 0.3) is 0 Å². The van der Waals surface area contributed by atoms with Gasteiger partial charge in [0.1, 0.15) is 0 Å². The van der Waals surface area contributed by atoms with Crippen LogP contribution in [-0.2, 0) is 6.42 Å². The molecule has 1 heterocycles. The molecular weight excluding hydrogens is 581 g/mol. The third-order valence-corrected chi connectivity index (χ3v) is 9.54. The van der Waals surface area contributed by atoms with Crippen molar-refractivity contribution in [3.05, 3.63) is 175 Å². The van der Waals surface area contributed by atoms with E-state index in [1.165, 1.54) is 43.8 Å². The van der Waals surface area contributed by atoms with Crippen LogP contribution in [0.15, 0.2) is 164 Å². The summed E-state index contributed by atoms with van der Waals surface area (Å²) in [5.41, 5.74) is 12.5. The monoisotopic (exact) mass is 612 g/mol. The van der Waals surface area contributed by atoms with E-state index in [0.717, 1.165) is 52.0 Å². The molecule has 8 aromatic rings. The molecule has 0 unspecified atom stereocenters. The number of nitrogens with zero attached hydrogens (tertiary/aromatic N) is 2. The number of hydrogen-bond donors (Lipinski definition) is 0. The van der Waals surface area contributed by atoms with Crippen molar-refractivity contribution in [3.8, 4) is 56.2 Å². The predicted molar refractivity (Wildman–Crippen MR) is 202 cm³/mol. The molecule has 0 bridgehead atoms. The molecule has 48 heavy (non-hydrogen) atoms. The lowest BCUT2D eigenvalue weighted by Crippen LogP contribution is -1.98. The lowest BCUT2D eigenvalue weighted by molar-refractivity contribution is 1.00. The second-order valence-corrected chi connectivity index (χ2v) is 12.5. The van der Waals surface area contributed by atoms with Gasteiger partial charge in [-0.05, 0) is 92.0 Å². The second kappa shape index (κ2) is 11.9. The summed E-state index contributed by atoms with van der Waals surface area (Å²) in [6.45, 7) is 0. The third kappa shape index (κ3) is 5.09. The Kier molecular flexibility index (Phi) is 6.98. The first-order chi connectivity index (χ1) is 23.8. The number of rotatable bonds is 5. The molecule has 226 valence electrons. The fourth-order valence-electron chi connectivity index (χ4n) is 7.16. The first kappa shape index (κ1) is 28.1. The average Bonchev–Trinajstić information content (AvgIpc) is 3.18. The largest absolute Gasteiger partial charge is 0.228 e. The maximum atomic E-state index is 5.07. The molecule has 1 aliphatic carbocycles. The summed E-state index contributed by atoms with van der Waals surface area (Å²) in [4.78, 5) is 10.1. The Labute approximate surface area is 280 Å². The highest BCUT2D eigenvalue weighted by molar-refractivity contribution is 6.14. The summed E-state index contributed by atoms with van der Waals surface area (Å²) in [5.74, 6) is 0.716. The zero-order valence-electron chi connectivity index (χ0n) is 26.5. The van der Waals surface area contributed by atoms with Crippen LogP contribution in [0.3, 0.4) is 0 Å². The standard InChI is InChI=1S/C46H32N2/c1-3-13-31(14-4-1)44-30-45(32-15-5-2-6-16-32)48-46(47-44)37-20-12-19-35(28-37)33-17-11-18-34(27-33)36-25-26-42-40-23-8-7-21-38(40)39-22-9-10-24-41(39)43(42)29-36/h1-7,9-22,24-30H,8,23H2. The zero-order chi connectivity index (χ0) is 31.9. The summed E-state index contributed by atoms with van der Waals surface area (Å²) in [5, 5.41) is 5.35. The topological polar surface area (TPSA) is 25.8 Å². The summed E-state index contributed by atoms with van der Waals surface area (Å²) in [6.07, 6.45) is 6.81. The van der Waals surface area contributed by atoms with E-state index in [1.807, 2.05) is 12.1 Å². The molecule has 0 fully saturated rings. The molecule has 0 amide bonds. The van der Waals surface area contributed by atoms with Crippen LogP contribution in [0.5, 0.6) is 0 Å². The molecule has 2 heteroatoms. The highest BCUT2D eigenvalue weighted by Gasteiger charge is 2.16. The van der Waals surface area contributed by atoms with Gasteiger partial charge in [-0.15, -0.1) is 0 Å². The highest BCUT2D eigenvalue weighted by atomic mass is 14.9. The molecule has 0 atom stereocenters. The van der Waals surface area contributed by atoms with Gasteiger partial charge in [0, 0.05) is 16.7 Å². The number of allylic oxidation sites excluding steroid dienone is 1. The molecule has 0 spiro atoms. The Hall–Kier alpha value is -6.12. The lowest BCUT2D eigenvalue weighted by atomic mass is 9.85. The van der Waals surface area contributed by atoms with Gasteiger partial charge in [-0.3, -0.25) is 0 Å². The zero-order valence-corrected chi connectivity index (χ0v) is 26.5. The van der Waals surface area contributed by atoms with E-state index in [2.05, 4.69) is 158 Å². The van der Waals surface area contributed by atoms with Gasteiger partial charge in [0.05, 0.1) is 11.4 Å². The maximum absolute atomic E-state index is 5.07. The fourth-order valence-corrected chi connectivity index (χ4v) is 7.16. The maximum Gasteiger partial charge on any atom is 0.160 e. The first-order valence-corrected chi connectivity index (χ1v) is 16.6. The number of aromatic nitrogens is 2. The number of hydrogen-bond acceptors (Lipinski definition) is 2. The van der Waals surface area contributed by atoms with Gasteiger partial charge in [0.2, 0.25) is 0 Å². The minimum Gasteiger partial charge on any atom is -0.228 e. The van der Waals surface area contributed by atoms with Gasteiger partial charge < -0.3 is 0 Å². The normalized spacial score (nSPS) is 12.3.